The van der Waals surface area contributed by atoms with Gasteiger partial charge in [0.1, 0.15) is 0 Å². The van der Waals surface area contributed by atoms with E-state index in [1.54, 1.807) is 0 Å². The van der Waals surface area contributed by atoms with Crippen molar-refractivity contribution in [1.29, 1.82) is 0 Å². The highest BCUT2D eigenvalue weighted by atomic mass is 16.2. The zero-order chi connectivity index (χ0) is 12.1. The summed E-state index contributed by atoms with van der Waals surface area (Å²) in [6.45, 7) is 3.21. The van der Waals surface area contributed by atoms with Gasteiger partial charge in [-0.2, -0.15) is 0 Å². The van der Waals surface area contributed by atoms with E-state index in [0.717, 1.165) is 11.9 Å². The molecule has 2 rings (SSSR count). The Labute approximate surface area is 100 Å². The first-order chi connectivity index (χ1) is 8.29. The highest BCUT2D eigenvalue weighted by Crippen LogP contribution is 2.14. The molecular formula is C13H17N3O. The molecule has 4 heteroatoms. The van der Waals surface area contributed by atoms with Crippen molar-refractivity contribution in [3.05, 3.63) is 36.0 Å². The van der Waals surface area contributed by atoms with E-state index in [1.165, 1.54) is 10.9 Å². The third-order valence-corrected chi connectivity index (χ3v) is 2.65. The van der Waals surface area contributed by atoms with Crippen molar-refractivity contribution in [3.63, 3.8) is 0 Å². The molecule has 0 radical (unpaired) electrons. The Morgan fingerprint density at radius 1 is 1.29 bits per heavy atom. The van der Waals surface area contributed by atoms with E-state index in [4.69, 9.17) is 0 Å². The SMILES string of the molecule is CCNC(=O)NCCc1ccc2[nH]ccc2c1. The Morgan fingerprint density at radius 3 is 3.00 bits per heavy atom. The average molecular weight is 231 g/mol. The van der Waals surface area contributed by atoms with Crippen molar-refractivity contribution < 1.29 is 4.79 Å². The van der Waals surface area contributed by atoms with Crippen LogP contribution in [0.3, 0.4) is 0 Å². The maximum Gasteiger partial charge on any atom is 0.314 e. The lowest BCUT2D eigenvalue weighted by Crippen LogP contribution is -2.36. The van der Waals surface area contributed by atoms with Crippen LogP contribution in [0.25, 0.3) is 10.9 Å². The van der Waals surface area contributed by atoms with Crippen LogP contribution in [0.15, 0.2) is 30.5 Å². The molecule has 0 bridgehead atoms. The fourth-order valence-corrected chi connectivity index (χ4v) is 1.80. The molecule has 4 nitrogen and oxygen atoms in total. The molecule has 17 heavy (non-hydrogen) atoms. The third-order valence-electron chi connectivity index (χ3n) is 2.65. The minimum atomic E-state index is -0.102. The number of carbonyl (C=O) groups excluding carboxylic acids is 1. The van der Waals surface area contributed by atoms with Crippen LogP contribution in [0.1, 0.15) is 12.5 Å². The Kier molecular flexibility index (Phi) is 3.65. The van der Waals surface area contributed by atoms with Crippen molar-refractivity contribution in [1.82, 2.24) is 15.6 Å². The first kappa shape index (κ1) is 11.5. The van der Waals surface area contributed by atoms with Gasteiger partial charge >= 0.3 is 6.03 Å². The van der Waals surface area contributed by atoms with E-state index in [-0.39, 0.29) is 6.03 Å². The number of aromatic nitrogens is 1. The molecule has 1 heterocycles. The van der Waals surface area contributed by atoms with Crippen LogP contribution < -0.4 is 10.6 Å². The van der Waals surface area contributed by atoms with E-state index >= 15 is 0 Å². The topological polar surface area (TPSA) is 56.9 Å². The van der Waals surface area contributed by atoms with E-state index in [1.807, 2.05) is 13.1 Å². The Morgan fingerprint density at radius 2 is 2.18 bits per heavy atom. The van der Waals surface area contributed by atoms with Crippen LogP contribution in [-0.2, 0) is 6.42 Å². The van der Waals surface area contributed by atoms with Crippen LogP contribution in [-0.4, -0.2) is 24.1 Å². The average Bonchev–Trinajstić information content (AvgIpc) is 2.76. The van der Waals surface area contributed by atoms with Gasteiger partial charge in [-0.3, -0.25) is 0 Å². The second-order valence-corrected chi connectivity index (χ2v) is 3.94. The quantitative estimate of drug-likeness (QED) is 0.741. The van der Waals surface area contributed by atoms with Crippen LogP contribution in [0.5, 0.6) is 0 Å². The minimum absolute atomic E-state index is 0.102. The van der Waals surface area contributed by atoms with Crippen molar-refractivity contribution in [3.8, 4) is 0 Å². The molecule has 0 saturated heterocycles. The first-order valence-corrected chi connectivity index (χ1v) is 5.87. The molecule has 0 saturated carbocycles. The van der Waals surface area contributed by atoms with Gasteiger partial charge in [-0.15, -0.1) is 0 Å². The molecule has 0 aliphatic carbocycles. The number of hydrogen-bond donors (Lipinski definition) is 3. The molecule has 1 aromatic heterocycles. The van der Waals surface area contributed by atoms with E-state index in [0.29, 0.717) is 13.1 Å². The maximum absolute atomic E-state index is 11.2. The lowest BCUT2D eigenvalue weighted by Gasteiger charge is -2.05. The van der Waals surface area contributed by atoms with Crippen molar-refractivity contribution in [2.75, 3.05) is 13.1 Å². The molecule has 2 aromatic rings. The molecular weight excluding hydrogens is 214 g/mol. The van der Waals surface area contributed by atoms with Crippen LogP contribution in [0.4, 0.5) is 4.79 Å². The summed E-state index contributed by atoms with van der Waals surface area (Å²) in [5, 5.41) is 6.73. The molecule has 0 aliphatic rings. The van der Waals surface area contributed by atoms with Crippen molar-refractivity contribution in [2.24, 2.45) is 0 Å². The lowest BCUT2D eigenvalue weighted by molar-refractivity contribution is 0.241. The van der Waals surface area contributed by atoms with Crippen LogP contribution in [0.2, 0.25) is 0 Å². The highest BCUT2D eigenvalue weighted by Gasteiger charge is 1.99. The van der Waals surface area contributed by atoms with Gasteiger partial charge in [0.25, 0.3) is 0 Å². The summed E-state index contributed by atoms with van der Waals surface area (Å²) in [6, 6.07) is 8.24. The Hall–Kier alpha value is -1.97. The van der Waals surface area contributed by atoms with Gasteiger partial charge in [-0.25, -0.2) is 4.79 Å². The van der Waals surface area contributed by atoms with Crippen molar-refractivity contribution in [2.45, 2.75) is 13.3 Å². The predicted molar refractivity (Wildman–Crippen MR) is 69.1 cm³/mol. The number of H-pyrrole nitrogens is 1. The number of hydrogen-bond acceptors (Lipinski definition) is 1. The fraction of sp³-hybridized carbons (Fsp3) is 0.308. The van der Waals surface area contributed by atoms with Crippen LogP contribution >= 0.6 is 0 Å². The molecule has 2 amide bonds. The number of fused-ring (bicyclic) bond motifs is 1. The molecule has 90 valence electrons. The molecule has 1 aromatic carbocycles. The zero-order valence-corrected chi connectivity index (χ0v) is 9.92. The van der Waals surface area contributed by atoms with Gasteiger partial charge < -0.3 is 15.6 Å². The number of rotatable bonds is 4. The van der Waals surface area contributed by atoms with Gasteiger partial charge in [0.15, 0.2) is 0 Å². The van der Waals surface area contributed by atoms with Gasteiger partial charge in [0.2, 0.25) is 0 Å². The minimum Gasteiger partial charge on any atom is -0.361 e. The van der Waals surface area contributed by atoms with Gasteiger partial charge in [-0.05, 0) is 42.5 Å². The second-order valence-electron chi connectivity index (χ2n) is 3.94. The molecule has 0 atom stereocenters. The normalized spacial score (nSPS) is 10.4. The standard InChI is InChI=1S/C13H17N3O/c1-2-14-13(17)16-7-5-10-3-4-12-11(9-10)6-8-15-12/h3-4,6,8-9,15H,2,5,7H2,1H3,(H2,14,16,17). The Balaban J connectivity index is 1.88. The molecule has 0 spiro atoms. The molecule has 0 unspecified atom stereocenters. The number of nitrogens with one attached hydrogen (secondary N) is 3. The summed E-state index contributed by atoms with van der Waals surface area (Å²) in [6.07, 6.45) is 2.78. The van der Waals surface area contributed by atoms with E-state index in [9.17, 15) is 4.79 Å². The largest absolute Gasteiger partial charge is 0.361 e. The smallest absolute Gasteiger partial charge is 0.314 e. The fourth-order valence-electron chi connectivity index (χ4n) is 1.80. The van der Waals surface area contributed by atoms with Gasteiger partial charge in [0, 0.05) is 24.8 Å². The zero-order valence-electron chi connectivity index (χ0n) is 9.92. The summed E-state index contributed by atoms with van der Waals surface area (Å²) in [7, 11) is 0. The number of benzene rings is 1. The number of urea groups is 1. The lowest BCUT2D eigenvalue weighted by atomic mass is 10.1. The first-order valence-electron chi connectivity index (χ1n) is 5.87. The monoisotopic (exact) mass is 231 g/mol. The molecule has 0 aliphatic heterocycles. The van der Waals surface area contributed by atoms with Crippen molar-refractivity contribution >= 4 is 16.9 Å². The third kappa shape index (κ3) is 3.00. The summed E-state index contributed by atoms with van der Waals surface area (Å²) in [5.74, 6) is 0. The summed E-state index contributed by atoms with van der Waals surface area (Å²) >= 11 is 0. The Bertz CT molecular complexity index is 504. The van der Waals surface area contributed by atoms with Gasteiger partial charge in [-0.1, -0.05) is 6.07 Å². The highest BCUT2D eigenvalue weighted by molar-refractivity contribution is 5.80. The molecule has 3 N–H and O–H groups in total. The summed E-state index contributed by atoms with van der Waals surface area (Å²) in [4.78, 5) is 14.3. The number of amides is 2. The summed E-state index contributed by atoms with van der Waals surface area (Å²) < 4.78 is 0. The number of aromatic amines is 1. The van der Waals surface area contributed by atoms with E-state index in [2.05, 4.69) is 39.9 Å². The maximum atomic E-state index is 11.2. The molecule has 0 fully saturated rings. The summed E-state index contributed by atoms with van der Waals surface area (Å²) in [5.41, 5.74) is 2.37. The second kappa shape index (κ2) is 5.39. The predicted octanol–water partition coefficient (Wildman–Crippen LogP) is 2.03. The van der Waals surface area contributed by atoms with Crippen LogP contribution in [0, 0.1) is 0 Å². The van der Waals surface area contributed by atoms with Gasteiger partial charge in [0.05, 0.1) is 0 Å². The number of carbonyl (C=O) groups is 1. The van der Waals surface area contributed by atoms with E-state index < -0.39 is 0 Å².